The van der Waals surface area contributed by atoms with E-state index in [0.717, 1.165) is 5.69 Å². The van der Waals surface area contributed by atoms with Gasteiger partial charge in [0.15, 0.2) is 0 Å². The lowest BCUT2D eigenvalue weighted by molar-refractivity contribution is -0.129. The van der Waals surface area contributed by atoms with Gasteiger partial charge in [-0.05, 0) is 24.6 Å². The average Bonchev–Trinajstić information content (AvgIpc) is 3.04. The second-order valence-electron chi connectivity index (χ2n) is 6.59. The van der Waals surface area contributed by atoms with Crippen molar-refractivity contribution in [3.63, 3.8) is 0 Å². The molecule has 3 heterocycles. The summed E-state index contributed by atoms with van der Waals surface area (Å²) in [6, 6.07) is 7.42. The first kappa shape index (κ1) is 19.8. The summed E-state index contributed by atoms with van der Waals surface area (Å²) in [7, 11) is 1.50. The zero-order chi connectivity index (χ0) is 20.1. The molecule has 3 rings (SSSR count). The predicted octanol–water partition coefficient (Wildman–Crippen LogP) is 1.07. The molecule has 1 aliphatic heterocycles. The van der Waals surface area contributed by atoms with E-state index in [4.69, 9.17) is 4.74 Å². The van der Waals surface area contributed by atoms with Crippen molar-refractivity contribution in [3.8, 4) is 5.88 Å². The highest BCUT2D eigenvalue weighted by Gasteiger charge is 2.30. The quantitative estimate of drug-likeness (QED) is 0.705. The molecule has 8 nitrogen and oxygen atoms in total. The van der Waals surface area contributed by atoms with Gasteiger partial charge < -0.3 is 20.1 Å². The topological polar surface area (TPSA) is 105 Å². The number of pyridine rings is 2. The number of methoxy groups -OCH3 is 1. The van der Waals surface area contributed by atoms with E-state index in [1.807, 2.05) is 18.2 Å². The molecule has 148 valence electrons. The SMILES string of the molecule is CC[C@@H](O)C(=O)NCc1cc2c(nc1OC)CN(CCc1ccccn1)C2=O. The van der Waals surface area contributed by atoms with Crippen LogP contribution in [-0.2, 0) is 24.3 Å². The van der Waals surface area contributed by atoms with Crippen LogP contribution in [0, 0.1) is 0 Å². The van der Waals surface area contributed by atoms with Crippen molar-refractivity contribution < 1.29 is 19.4 Å². The van der Waals surface area contributed by atoms with Crippen molar-refractivity contribution in [2.75, 3.05) is 13.7 Å². The van der Waals surface area contributed by atoms with Gasteiger partial charge >= 0.3 is 0 Å². The van der Waals surface area contributed by atoms with Gasteiger partial charge in [-0.2, -0.15) is 0 Å². The summed E-state index contributed by atoms with van der Waals surface area (Å²) in [5, 5.41) is 12.2. The van der Waals surface area contributed by atoms with E-state index in [9.17, 15) is 14.7 Å². The molecule has 0 unspecified atom stereocenters. The normalized spacial score (nSPS) is 14.0. The fourth-order valence-electron chi connectivity index (χ4n) is 3.07. The van der Waals surface area contributed by atoms with Gasteiger partial charge in [0.25, 0.3) is 5.91 Å². The lowest BCUT2D eigenvalue weighted by Gasteiger charge is -2.14. The molecule has 0 saturated carbocycles. The molecule has 0 aliphatic carbocycles. The Morgan fingerprint density at radius 2 is 2.25 bits per heavy atom. The molecule has 2 N–H and O–H groups in total. The number of aliphatic hydroxyl groups excluding tert-OH is 1. The molecule has 2 amide bonds. The minimum absolute atomic E-state index is 0.0951. The summed E-state index contributed by atoms with van der Waals surface area (Å²) in [4.78, 5) is 35.0. The van der Waals surface area contributed by atoms with E-state index in [0.29, 0.717) is 48.6 Å². The molecule has 0 saturated heterocycles. The van der Waals surface area contributed by atoms with Crippen LogP contribution in [-0.4, -0.2) is 51.5 Å². The number of aliphatic hydroxyl groups is 1. The summed E-state index contributed by atoms with van der Waals surface area (Å²) in [6.07, 6.45) is 1.67. The Bertz CT molecular complexity index is 857. The third-order valence-electron chi connectivity index (χ3n) is 4.70. The molecule has 2 aromatic heterocycles. The Labute approximate surface area is 163 Å². The molecule has 1 aliphatic rings. The summed E-state index contributed by atoms with van der Waals surface area (Å²) in [6.45, 7) is 2.81. The number of aromatic nitrogens is 2. The van der Waals surface area contributed by atoms with Crippen LogP contribution in [0.2, 0.25) is 0 Å². The fraction of sp³-hybridized carbons (Fsp3) is 0.400. The van der Waals surface area contributed by atoms with Gasteiger partial charge in [-0.1, -0.05) is 13.0 Å². The summed E-state index contributed by atoms with van der Waals surface area (Å²) < 4.78 is 5.32. The molecule has 0 bridgehead atoms. The second-order valence-corrected chi connectivity index (χ2v) is 6.59. The van der Waals surface area contributed by atoms with Crippen molar-refractivity contribution in [1.29, 1.82) is 0 Å². The standard InChI is InChI=1S/C20H24N4O4/c1-3-17(25)18(26)22-11-13-10-15-16(23-19(13)28-2)12-24(20(15)27)9-7-14-6-4-5-8-21-14/h4-6,8,10,17,25H,3,7,9,11-12H2,1-2H3,(H,22,26)/t17-/m1/s1. The Morgan fingerprint density at radius 3 is 2.93 bits per heavy atom. The number of fused-ring (bicyclic) bond motifs is 1. The first-order chi connectivity index (χ1) is 13.5. The second kappa shape index (κ2) is 8.79. The lowest BCUT2D eigenvalue weighted by Crippen LogP contribution is -2.33. The largest absolute Gasteiger partial charge is 0.481 e. The van der Waals surface area contributed by atoms with Crippen molar-refractivity contribution in [3.05, 3.63) is 53.0 Å². The van der Waals surface area contributed by atoms with Crippen LogP contribution in [0.1, 0.15) is 40.7 Å². The number of carbonyl (C=O) groups excluding carboxylic acids is 2. The van der Waals surface area contributed by atoms with Crippen LogP contribution in [0.5, 0.6) is 5.88 Å². The predicted molar refractivity (Wildman–Crippen MR) is 102 cm³/mol. The van der Waals surface area contributed by atoms with E-state index < -0.39 is 12.0 Å². The molecule has 0 fully saturated rings. The van der Waals surface area contributed by atoms with Crippen LogP contribution in [0.3, 0.4) is 0 Å². The Hall–Kier alpha value is -3.00. The zero-order valence-corrected chi connectivity index (χ0v) is 16.0. The monoisotopic (exact) mass is 384 g/mol. The average molecular weight is 384 g/mol. The summed E-state index contributed by atoms with van der Waals surface area (Å²) in [5.74, 6) is -0.194. The minimum Gasteiger partial charge on any atom is -0.481 e. The number of carbonyl (C=O) groups is 2. The van der Waals surface area contributed by atoms with Crippen LogP contribution in [0.4, 0.5) is 0 Å². The third kappa shape index (κ3) is 4.28. The van der Waals surface area contributed by atoms with Gasteiger partial charge in [0.2, 0.25) is 11.8 Å². The van der Waals surface area contributed by atoms with Crippen LogP contribution in [0.25, 0.3) is 0 Å². The first-order valence-corrected chi connectivity index (χ1v) is 9.25. The van der Waals surface area contributed by atoms with Crippen molar-refractivity contribution in [1.82, 2.24) is 20.2 Å². The van der Waals surface area contributed by atoms with Crippen molar-refractivity contribution in [2.24, 2.45) is 0 Å². The van der Waals surface area contributed by atoms with E-state index in [2.05, 4.69) is 15.3 Å². The molecular weight excluding hydrogens is 360 g/mol. The smallest absolute Gasteiger partial charge is 0.256 e. The number of nitrogens with zero attached hydrogens (tertiary/aromatic N) is 3. The maximum Gasteiger partial charge on any atom is 0.256 e. The summed E-state index contributed by atoms with van der Waals surface area (Å²) in [5.41, 5.74) is 2.70. The molecule has 1 atom stereocenters. The molecule has 2 aromatic rings. The van der Waals surface area contributed by atoms with Gasteiger partial charge in [-0.15, -0.1) is 0 Å². The van der Waals surface area contributed by atoms with Crippen LogP contribution >= 0.6 is 0 Å². The van der Waals surface area contributed by atoms with Crippen molar-refractivity contribution in [2.45, 2.75) is 39.0 Å². The van der Waals surface area contributed by atoms with Gasteiger partial charge in [0, 0.05) is 37.0 Å². The molecule has 28 heavy (non-hydrogen) atoms. The highest BCUT2D eigenvalue weighted by atomic mass is 16.5. The van der Waals surface area contributed by atoms with E-state index in [1.54, 1.807) is 24.1 Å². The van der Waals surface area contributed by atoms with Gasteiger partial charge in [0.05, 0.1) is 24.9 Å². The number of hydrogen-bond donors (Lipinski definition) is 2. The van der Waals surface area contributed by atoms with E-state index in [1.165, 1.54) is 7.11 Å². The molecule has 8 heteroatoms. The number of ether oxygens (including phenoxy) is 1. The third-order valence-corrected chi connectivity index (χ3v) is 4.70. The Morgan fingerprint density at radius 1 is 1.43 bits per heavy atom. The molecule has 0 radical (unpaired) electrons. The van der Waals surface area contributed by atoms with Crippen LogP contribution < -0.4 is 10.1 Å². The maximum atomic E-state index is 12.8. The Balaban J connectivity index is 1.71. The highest BCUT2D eigenvalue weighted by molar-refractivity contribution is 5.98. The number of hydrogen-bond acceptors (Lipinski definition) is 6. The minimum atomic E-state index is -1.06. The first-order valence-electron chi connectivity index (χ1n) is 9.25. The fourth-order valence-corrected chi connectivity index (χ4v) is 3.07. The van der Waals surface area contributed by atoms with E-state index >= 15 is 0 Å². The summed E-state index contributed by atoms with van der Waals surface area (Å²) >= 11 is 0. The van der Waals surface area contributed by atoms with Gasteiger partial charge in [0.1, 0.15) is 6.10 Å². The molecule has 0 aromatic carbocycles. The molecule has 0 spiro atoms. The number of nitrogens with one attached hydrogen (secondary N) is 1. The van der Waals surface area contributed by atoms with Gasteiger partial charge in [-0.25, -0.2) is 4.98 Å². The number of amides is 2. The highest BCUT2D eigenvalue weighted by Crippen LogP contribution is 2.27. The lowest BCUT2D eigenvalue weighted by atomic mass is 10.1. The zero-order valence-electron chi connectivity index (χ0n) is 16.0. The number of rotatable bonds is 8. The van der Waals surface area contributed by atoms with Gasteiger partial charge in [-0.3, -0.25) is 14.6 Å². The van der Waals surface area contributed by atoms with Crippen LogP contribution in [0.15, 0.2) is 30.5 Å². The van der Waals surface area contributed by atoms with Crippen molar-refractivity contribution >= 4 is 11.8 Å². The van der Waals surface area contributed by atoms with E-state index in [-0.39, 0.29) is 12.5 Å². The molecular formula is C20H24N4O4. The Kier molecular flexibility index (Phi) is 6.20. The maximum absolute atomic E-state index is 12.8.